The van der Waals surface area contributed by atoms with Crippen LogP contribution in [0.4, 0.5) is 4.79 Å². The van der Waals surface area contributed by atoms with Gasteiger partial charge in [0.1, 0.15) is 13.2 Å². The Morgan fingerprint density at radius 3 is 2.31 bits per heavy atom. The van der Waals surface area contributed by atoms with Crippen LogP contribution in [-0.4, -0.2) is 49.8 Å². The number of esters is 1. The van der Waals surface area contributed by atoms with Gasteiger partial charge < -0.3 is 30.6 Å². The molecule has 0 heterocycles. The van der Waals surface area contributed by atoms with Crippen LogP contribution in [0.5, 0.6) is 11.5 Å². The first-order valence-electron chi connectivity index (χ1n) is 11.8. The van der Waals surface area contributed by atoms with Crippen LogP contribution in [-0.2, 0) is 22.5 Å². The molecule has 1 unspecified atom stereocenters. The maximum absolute atomic E-state index is 12.9. The molecule has 0 fully saturated rings. The molecule has 0 bridgehead atoms. The van der Waals surface area contributed by atoms with E-state index in [0.29, 0.717) is 31.1 Å². The molecule has 0 saturated carbocycles. The molecule has 0 spiro atoms. The second kappa shape index (κ2) is 12.4. The van der Waals surface area contributed by atoms with Gasteiger partial charge in [-0.05, 0) is 75.4 Å². The van der Waals surface area contributed by atoms with Gasteiger partial charge in [-0.2, -0.15) is 0 Å². The fourth-order valence-electron chi connectivity index (χ4n) is 3.72. The number of hydrogen-bond donors (Lipinski definition) is 2. The van der Waals surface area contributed by atoms with Crippen LogP contribution in [0.3, 0.4) is 0 Å². The van der Waals surface area contributed by atoms with Crippen LogP contribution >= 0.6 is 0 Å². The van der Waals surface area contributed by atoms with Crippen molar-refractivity contribution in [2.45, 2.75) is 53.6 Å². The first kappa shape index (κ1) is 28.0. The van der Waals surface area contributed by atoms with Crippen molar-refractivity contribution in [2.24, 2.45) is 16.9 Å². The number of ether oxygens (including phenoxy) is 3. The lowest BCUT2D eigenvalue weighted by molar-refractivity contribution is -0.155. The van der Waals surface area contributed by atoms with Gasteiger partial charge in [-0.25, -0.2) is 4.79 Å². The minimum atomic E-state index is -0.717. The zero-order valence-electron chi connectivity index (χ0n) is 21.7. The second-order valence-corrected chi connectivity index (χ2v) is 9.52. The maximum atomic E-state index is 12.9. The highest BCUT2D eigenvalue weighted by Crippen LogP contribution is 2.29. The normalized spacial score (nSPS) is 12.1. The van der Waals surface area contributed by atoms with Crippen molar-refractivity contribution in [2.75, 3.05) is 26.9 Å². The lowest BCUT2D eigenvalue weighted by Crippen LogP contribution is -2.44. The third kappa shape index (κ3) is 7.89. The average Bonchev–Trinajstić information content (AvgIpc) is 2.81. The van der Waals surface area contributed by atoms with Crippen molar-refractivity contribution in [3.05, 3.63) is 58.7 Å². The van der Waals surface area contributed by atoms with E-state index in [0.717, 1.165) is 11.1 Å². The van der Waals surface area contributed by atoms with Gasteiger partial charge in [0.05, 0.1) is 18.6 Å². The second-order valence-electron chi connectivity index (χ2n) is 9.52. The summed E-state index contributed by atoms with van der Waals surface area (Å²) in [4.78, 5) is 26.5. The van der Waals surface area contributed by atoms with E-state index in [4.69, 9.17) is 25.7 Å². The summed E-state index contributed by atoms with van der Waals surface area (Å²) in [5, 5.41) is 0. The molecule has 0 saturated heterocycles. The highest BCUT2D eigenvalue weighted by molar-refractivity contribution is 5.76. The van der Waals surface area contributed by atoms with Gasteiger partial charge in [0.2, 0.25) is 0 Å². The predicted molar refractivity (Wildman–Crippen MR) is 136 cm³/mol. The molecule has 35 heavy (non-hydrogen) atoms. The molecule has 1 atom stereocenters. The number of rotatable bonds is 12. The van der Waals surface area contributed by atoms with Gasteiger partial charge in [0.25, 0.3) is 0 Å². The summed E-state index contributed by atoms with van der Waals surface area (Å²) < 4.78 is 16.6. The molecular formula is C27H39N3O5. The highest BCUT2D eigenvalue weighted by Gasteiger charge is 2.31. The summed E-state index contributed by atoms with van der Waals surface area (Å²) >= 11 is 0. The van der Waals surface area contributed by atoms with E-state index in [-0.39, 0.29) is 19.1 Å². The molecule has 0 aliphatic carbocycles. The molecule has 0 aliphatic heterocycles. The molecule has 2 amide bonds. The third-order valence-corrected chi connectivity index (χ3v) is 6.00. The van der Waals surface area contributed by atoms with Gasteiger partial charge in [0, 0.05) is 13.1 Å². The zero-order chi connectivity index (χ0) is 26.2. The highest BCUT2D eigenvalue weighted by atomic mass is 16.5. The third-order valence-electron chi connectivity index (χ3n) is 6.00. The van der Waals surface area contributed by atoms with Crippen molar-refractivity contribution < 1.29 is 23.8 Å². The molecule has 2 aromatic rings. The minimum Gasteiger partial charge on any atom is -0.493 e. The number of urea groups is 1. The molecular weight excluding hydrogens is 446 g/mol. The molecule has 8 heteroatoms. The SMILES string of the molecule is COc1cc(CN(C(N)=O)C(C)COC(=O)C(C)(C)Cc2ccc(C)c(C)c2)ccc1OCCN. The van der Waals surface area contributed by atoms with Crippen molar-refractivity contribution in [3.63, 3.8) is 0 Å². The molecule has 2 aromatic carbocycles. The Balaban J connectivity index is 2.03. The van der Waals surface area contributed by atoms with Crippen molar-refractivity contribution >= 4 is 12.0 Å². The van der Waals surface area contributed by atoms with Crippen LogP contribution < -0.4 is 20.9 Å². The Bertz CT molecular complexity index is 1020. The lowest BCUT2D eigenvalue weighted by atomic mass is 9.85. The Morgan fingerprint density at radius 1 is 1.03 bits per heavy atom. The Kier molecular flexibility index (Phi) is 9.95. The van der Waals surface area contributed by atoms with Gasteiger partial charge in [0.15, 0.2) is 11.5 Å². The molecule has 0 radical (unpaired) electrons. The number of aryl methyl sites for hydroxylation is 2. The molecule has 0 aromatic heterocycles. The van der Waals surface area contributed by atoms with Crippen LogP contribution in [0, 0.1) is 19.3 Å². The number of primary amides is 1. The maximum Gasteiger partial charge on any atom is 0.315 e. The number of carbonyl (C=O) groups is 2. The Hall–Kier alpha value is -3.26. The smallest absolute Gasteiger partial charge is 0.315 e. The quantitative estimate of drug-likeness (QED) is 0.443. The van der Waals surface area contributed by atoms with E-state index in [2.05, 4.69) is 26.0 Å². The molecule has 192 valence electrons. The number of carbonyl (C=O) groups excluding carboxylic acids is 2. The monoisotopic (exact) mass is 485 g/mol. The van der Waals surface area contributed by atoms with E-state index in [1.165, 1.54) is 16.0 Å². The van der Waals surface area contributed by atoms with Crippen molar-refractivity contribution in [1.29, 1.82) is 0 Å². The minimum absolute atomic E-state index is 0.0347. The van der Waals surface area contributed by atoms with Crippen molar-refractivity contribution in [3.8, 4) is 11.5 Å². The lowest BCUT2D eigenvalue weighted by Gasteiger charge is -2.29. The Labute approximate surface area is 208 Å². The molecule has 4 N–H and O–H groups in total. The van der Waals surface area contributed by atoms with E-state index in [1.807, 2.05) is 26.0 Å². The van der Waals surface area contributed by atoms with Crippen LogP contribution in [0.25, 0.3) is 0 Å². The van der Waals surface area contributed by atoms with E-state index in [1.54, 1.807) is 26.2 Å². The van der Waals surface area contributed by atoms with Gasteiger partial charge >= 0.3 is 12.0 Å². The van der Waals surface area contributed by atoms with Crippen LogP contribution in [0.1, 0.15) is 43.0 Å². The number of nitrogens with zero attached hydrogens (tertiary/aromatic N) is 1. The van der Waals surface area contributed by atoms with E-state index >= 15 is 0 Å². The molecule has 8 nitrogen and oxygen atoms in total. The first-order chi connectivity index (χ1) is 16.5. The zero-order valence-corrected chi connectivity index (χ0v) is 21.7. The summed E-state index contributed by atoms with van der Waals surface area (Å²) in [5.74, 6) is 0.780. The standard InChI is InChI=1S/C27H39N3O5/c1-18-7-8-21(13-19(18)2)15-27(4,5)25(31)35-17-20(3)30(26(29)32)16-22-9-10-23(34-12-11-28)24(14-22)33-6/h7-10,13-14,20H,11-12,15-17,28H2,1-6H3,(H2,29,32). The van der Waals surface area contributed by atoms with E-state index in [9.17, 15) is 9.59 Å². The Morgan fingerprint density at radius 2 is 1.71 bits per heavy atom. The number of benzene rings is 2. The fourth-order valence-corrected chi connectivity index (χ4v) is 3.72. The summed E-state index contributed by atoms with van der Waals surface area (Å²) in [6, 6.07) is 10.5. The van der Waals surface area contributed by atoms with Crippen LogP contribution in [0.2, 0.25) is 0 Å². The molecule has 2 rings (SSSR count). The molecule has 0 aliphatic rings. The fraction of sp³-hybridized carbons (Fsp3) is 0.481. The number of nitrogens with two attached hydrogens (primary N) is 2. The summed E-state index contributed by atoms with van der Waals surface area (Å²) in [5.41, 5.74) is 14.7. The average molecular weight is 486 g/mol. The summed E-state index contributed by atoms with van der Waals surface area (Å²) in [6.45, 7) is 10.7. The number of amides is 2. The van der Waals surface area contributed by atoms with Gasteiger partial charge in [-0.3, -0.25) is 4.79 Å². The van der Waals surface area contributed by atoms with Crippen molar-refractivity contribution in [1.82, 2.24) is 4.90 Å². The summed E-state index contributed by atoms with van der Waals surface area (Å²) in [6.07, 6.45) is 0.555. The van der Waals surface area contributed by atoms with E-state index < -0.39 is 17.5 Å². The number of methoxy groups -OCH3 is 1. The van der Waals surface area contributed by atoms with Crippen LogP contribution in [0.15, 0.2) is 36.4 Å². The largest absolute Gasteiger partial charge is 0.493 e. The van der Waals surface area contributed by atoms with Gasteiger partial charge in [-0.15, -0.1) is 0 Å². The van der Waals surface area contributed by atoms with Gasteiger partial charge in [-0.1, -0.05) is 24.3 Å². The topological polar surface area (TPSA) is 117 Å². The predicted octanol–water partition coefficient (Wildman–Crippen LogP) is 3.73. The summed E-state index contributed by atoms with van der Waals surface area (Å²) in [7, 11) is 1.54. The number of hydrogen-bond acceptors (Lipinski definition) is 6. The first-order valence-corrected chi connectivity index (χ1v) is 11.8.